The fourth-order valence-electron chi connectivity index (χ4n) is 1.93. The zero-order valence-corrected chi connectivity index (χ0v) is 10.9. The van der Waals surface area contributed by atoms with E-state index in [9.17, 15) is 0 Å². The van der Waals surface area contributed by atoms with Crippen LogP contribution >= 0.6 is 0 Å². The van der Waals surface area contributed by atoms with Crippen LogP contribution in [0, 0.1) is 0 Å². The highest BCUT2D eigenvalue weighted by molar-refractivity contribution is 4.91. The van der Waals surface area contributed by atoms with Gasteiger partial charge in [-0.1, -0.05) is 0 Å². The smallest absolute Gasteiger partial charge is 0.109 e. The summed E-state index contributed by atoms with van der Waals surface area (Å²) in [6, 6.07) is 0. The quantitative estimate of drug-likeness (QED) is 0.714. The van der Waals surface area contributed by atoms with E-state index >= 15 is 0 Å². The van der Waals surface area contributed by atoms with E-state index in [1.54, 1.807) is 0 Å². The molecular formula is C13H21N5. The summed E-state index contributed by atoms with van der Waals surface area (Å²) < 4.78 is 4.19. The van der Waals surface area contributed by atoms with Crippen molar-refractivity contribution in [1.82, 2.24) is 24.4 Å². The minimum Gasteiger partial charge on any atom is -0.338 e. The van der Waals surface area contributed by atoms with Gasteiger partial charge in [0.05, 0.1) is 6.33 Å². The van der Waals surface area contributed by atoms with Crippen LogP contribution in [0.3, 0.4) is 0 Å². The molecule has 2 rings (SSSR count). The Balaban J connectivity index is 1.48. The normalized spacial score (nSPS) is 10.9. The molecule has 0 aromatic carbocycles. The van der Waals surface area contributed by atoms with Crippen molar-refractivity contribution in [3.8, 4) is 0 Å². The molecule has 0 bridgehead atoms. The predicted octanol–water partition coefficient (Wildman–Crippen LogP) is 1.23. The van der Waals surface area contributed by atoms with E-state index in [1.165, 1.54) is 12.8 Å². The third-order valence-corrected chi connectivity index (χ3v) is 3.03. The Morgan fingerprint density at radius 1 is 1.17 bits per heavy atom. The van der Waals surface area contributed by atoms with Crippen molar-refractivity contribution in [2.75, 3.05) is 13.1 Å². The minimum absolute atomic E-state index is 0.991. The van der Waals surface area contributed by atoms with Gasteiger partial charge in [0.25, 0.3) is 0 Å². The predicted molar refractivity (Wildman–Crippen MR) is 71.2 cm³/mol. The lowest BCUT2D eigenvalue weighted by molar-refractivity contribution is 0.564. The maximum atomic E-state index is 4.30. The molecule has 0 spiro atoms. The van der Waals surface area contributed by atoms with Crippen LogP contribution in [-0.4, -0.2) is 32.2 Å². The van der Waals surface area contributed by atoms with Crippen LogP contribution < -0.4 is 5.32 Å². The third kappa shape index (κ3) is 4.00. The highest BCUT2D eigenvalue weighted by atomic mass is 15.0. The van der Waals surface area contributed by atoms with Gasteiger partial charge in [-0.3, -0.25) is 0 Å². The van der Waals surface area contributed by atoms with Crippen molar-refractivity contribution in [1.29, 1.82) is 0 Å². The summed E-state index contributed by atoms with van der Waals surface area (Å²) in [7, 11) is 2.04. The second-order valence-electron chi connectivity index (χ2n) is 4.46. The summed E-state index contributed by atoms with van der Waals surface area (Å²) in [5, 5.41) is 3.45. The molecular weight excluding hydrogens is 226 g/mol. The Kier molecular flexibility index (Phi) is 4.96. The molecule has 2 aromatic rings. The van der Waals surface area contributed by atoms with Crippen LogP contribution in [0.15, 0.2) is 31.1 Å². The molecule has 0 atom stereocenters. The van der Waals surface area contributed by atoms with E-state index < -0.39 is 0 Å². The van der Waals surface area contributed by atoms with Gasteiger partial charge in [0, 0.05) is 51.3 Å². The first kappa shape index (κ1) is 12.8. The molecule has 2 heterocycles. The first-order valence-electron chi connectivity index (χ1n) is 6.49. The highest BCUT2D eigenvalue weighted by Gasteiger charge is 1.97. The number of hydrogen-bond acceptors (Lipinski definition) is 3. The zero-order valence-electron chi connectivity index (χ0n) is 10.9. The number of nitrogens with zero attached hydrogens (tertiary/aromatic N) is 4. The van der Waals surface area contributed by atoms with Crippen molar-refractivity contribution in [3.05, 3.63) is 36.9 Å². The second kappa shape index (κ2) is 6.96. The molecule has 0 aliphatic carbocycles. The lowest BCUT2D eigenvalue weighted by atomic mass is 10.3. The Labute approximate surface area is 108 Å². The van der Waals surface area contributed by atoms with E-state index in [1.807, 2.05) is 38.2 Å². The topological polar surface area (TPSA) is 47.7 Å². The summed E-state index contributed by atoms with van der Waals surface area (Å²) in [5.41, 5.74) is 0. The minimum atomic E-state index is 0.991. The van der Waals surface area contributed by atoms with E-state index in [2.05, 4.69) is 24.4 Å². The van der Waals surface area contributed by atoms with Gasteiger partial charge in [0.2, 0.25) is 0 Å². The molecule has 0 aliphatic heterocycles. The Bertz CT molecular complexity index is 432. The van der Waals surface area contributed by atoms with E-state index in [-0.39, 0.29) is 0 Å². The molecule has 98 valence electrons. The van der Waals surface area contributed by atoms with Crippen LogP contribution in [-0.2, 0) is 20.0 Å². The molecule has 5 heteroatoms. The molecule has 1 N–H and O–H groups in total. The summed E-state index contributed by atoms with van der Waals surface area (Å²) in [6.07, 6.45) is 12.9. The van der Waals surface area contributed by atoms with E-state index in [0.29, 0.717) is 0 Å². The molecule has 2 aromatic heterocycles. The number of aryl methyl sites for hydroxylation is 2. The third-order valence-electron chi connectivity index (χ3n) is 3.03. The van der Waals surface area contributed by atoms with Gasteiger partial charge in [-0.05, 0) is 19.4 Å². The van der Waals surface area contributed by atoms with Crippen LogP contribution in [0.25, 0.3) is 0 Å². The van der Waals surface area contributed by atoms with Crippen molar-refractivity contribution in [2.45, 2.75) is 25.8 Å². The number of unbranched alkanes of at least 4 members (excludes halogenated alkanes) is 1. The van der Waals surface area contributed by atoms with Crippen LogP contribution in [0.2, 0.25) is 0 Å². The first-order chi connectivity index (χ1) is 8.86. The molecule has 0 radical (unpaired) electrons. The van der Waals surface area contributed by atoms with Crippen molar-refractivity contribution < 1.29 is 0 Å². The number of hydrogen-bond donors (Lipinski definition) is 1. The summed E-state index contributed by atoms with van der Waals surface area (Å²) in [6.45, 7) is 3.12. The monoisotopic (exact) mass is 247 g/mol. The fraction of sp³-hybridized carbons (Fsp3) is 0.538. The Morgan fingerprint density at radius 2 is 2.11 bits per heavy atom. The van der Waals surface area contributed by atoms with Gasteiger partial charge in [-0.25, -0.2) is 9.97 Å². The number of nitrogens with one attached hydrogen (secondary N) is 1. The molecule has 0 fully saturated rings. The maximum Gasteiger partial charge on any atom is 0.109 e. The van der Waals surface area contributed by atoms with Gasteiger partial charge >= 0.3 is 0 Å². The number of rotatable bonds is 8. The molecule has 0 amide bonds. The lowest BCUT2D eigenvalue weighted by Crippen LogP contribution is -2.20. The second-order valence-corrected chi connectivity index (χ2v) is 4.46. The Morgan fingerprint density at radius 3 is 2.83 bits per heavy atom. The lowest BCUT2D eigenvalue weighted by Gasteiger charge is -2.05. The molecule has 0 unspecified atom stereocenters. The van der Waals surface area contributed by atoms with Gasteiger partial charge in [0.15, 0.2) is 0 Å². The van der Waals surface area contributed by atoms with Gasteiger partial charge < -0.3 is 14.5 Å². The SMILES string of the molecule is Cn1ccnc1CCNCCCCn1ccnc1. The van der Waals surface area contributed by atoms with E-state index in [0.717, 1.165) is 31.9 Å². The summed E-state index contributed by atoms with van der Waals surface area (Å²) in [5.74, 6) is 1.14. The van der Waals surface area contributed by atoms with Crippen molar-refractivity contribution >= 4 is 0 Å². The van der Waals surface area contributed by atoms with E-state index in [4.69, 9.17) is 0 Å². The van der Waals surface area contributed by atoms with Crippen LogP contribution in [0.5, 0.6) is 0 Å². The first-order valence-corrected chi connectivity index (χ1v) is 6.49. The Hall–Kier alpha value is -1.62. The van der Waals surface area contributed by atoms with Gasteiger partial charge in [0.1, 0.15) is 5.82 Å². The fourth-order valence-corrected chi connectivity index (χ4v) is 1.93. The average Bonchev–Trinajstić information content (AvgIpc) is 3.00. The molecule has 5 nitrogen and oxygen atoms in total. The van der Waals surface area contributed by atoms with Crippen molar-refractivity contribution in [2.24, 2.45) is 7.05 Å². The standard InChI is InChI=1S/C13H21N5/c1-17-10-8-16-13(17)4-6-14-5-2-3-9-18-11-7-15-12-18/h7-8,10-12,14H,2-6,9H2,1H3. The van der Waals surface area contributed by atoms with Crippen LogP contribution in [0.1, 0.15) is 18.7 Å². The van der Waals surface area contributed by atoms with Gasteiger partial charge in [-0.15, -0.1) is 0 Å². The highest BCUT2D eigenvalue weighted by Crippen LogP contribution is 1.96. The summed E-state index contributed by atoms with van der Waals surface area (Å²) in [4.78, 5) is 8.32. The largest absolute Gasteiger partial charge is 0.338 e. The molecule has 0 aliphatic rings. The number of aromatic nitrogens is 4. The molecule has 0 saturated carbocycles. The average molecular weight is 247 g/mol. The zero-order chi connectivity index (χ0) is 12.6. The van der Waals surface area contributed by atoms with Crippen LogP contribution in [0.4, 0.5) is 0 Å². The van der Waals surface area contributed by atoms with Crippen molar-refractivity contribution in [3.63, 3.8) is 0 Å². The number of imidazole rings is 2. The summed E-state index contributed by atoms with van der Waals surface area (Å²) >= 11 is 0. The van der Waals surface area contributed by atoms with Gasteiger partial charge in [-0.2, -0.15) is 0 Å². The maximum absolute atomic E-state index is 4.30. The molecule has 18 heavy (non-hydrogen) atoms. The molecule has 0 saturated heterocycles.